The summed E-state index contributed by atoms with van der Waals surface area (Å²) in [6, 6.07) is 17.8. The number of carbonyl (C=O) groups is 2. The lowest BCUT2D eigenvalue weighted by Gasteiger charge is -2.41. The van der Waals surface area contributed by atoms with Gasteiger partial charge in [-0.1, -0.05) is 41.9 Å². The highest BCUT2D eigenvalue weighted by Crippen LogP contribution is 2.44. The molecule has 6 rings (SSSR count). The van der Waals surface area contributed by atoms with E-state index < -0.39 is 21.7 Å². The third kappa shape index (κ3) is 6.10. The van der Waals surface area contributed by atoms with Crippen molar-refractivity contribution in [2.45, 2.75) is 66.2 Å². The highest BCUT2D eigenvalue weighted by molar-refractivity contribution is 14.1. The Balaban J connectivity index is 1.45. The molecule has 1 aliphatic heterocycles. The predicted molar refractivity (Wildman–Crippen MR) is 171 cm³/mol. The van der Waals surface area contributed by atoms with Crippen LogP contribution in [0.4, 0.5) is 15.9 Å². The minimum absolute atomic E-state index is 0.0189. The van der Waals surface area contributed by atoms with Crippen LogP contribution in [0.1, 0.15) is 67.2 Å². The molecule has 0 bridgehead atoms. The Morgan fingerprint density at radius 3 is 2.65 bits per heavy atom. The van der Waals surface area contributed by atoms with Crippen molar-refractivity contribution in [2.75, 3.05) is 9.80 Å². The van der Waals surface area contributed by atoms with Crippen LogP contribution < -0.4 is 15.1 Å². The average Bonchev–Trinajstić information content (AvgIpc) is 3.76. The summed E-state index contributed by atoms with van der Waals surface area (Å²) in [5.74, 6) is 0.0795. The zero-order valence-corrected chi connectivity index (χ0v) is 26.1. The number of hydrogen-bond acceptors (Lipinski definition) is 5. The Hall–Kier alpha value is -3.56. The number of amides is 2. The fourth-order valence-electron chi connectivity index (χ4n) is 5.92. The van der Waals surface area contributed by atoms with Crippen molar-refractivity contribution in [3.8, 4) is 6.07 Å². The molecule has 2 aromatic carbocycles. The number of benzene rings is 2. The summed E-state index contributed by atoms with van der Waals surface area (Å²) in [5.41, 5.74) is 2.57. The minimum atomic E-state index is -1.36. The van der Waals surface area contributed by atoms with Gasteiger partial charge in [-0.25, -0.2) is 9.37 Å². The standard InChI is InChI=1S/C32H29ClFIN6O2/c33-25-7-2-1-6-24(25)29(31(43)39-22-16-32(34,35)17-22)40(23-5-3-4-21(15-23)20-8-9-20)30(37)26-10-11-28(42)41(26)27-14-19(18-36)12-13-38-27/h1-7,12-15,20,22,26,29,37H,8-11,16-17H2,(H,39,43)/t22?,26-,29-,32?/m0/s1. The van der Waals surface area contributed by atoms with Crippen LogP contribution in [0.15, 0.2) is 66.9 Å². The lowest BCUT2D eigenvalue weighted by atomic mass is 9.90. The van der Waals surface area contributed by atoms with E-state index in [1.54, 1.807) is 57.8 Å². The number of aromatic nitrogens is 1. The molecule has 3 fully saturated rings. The summed E-state index contributed by atoms with van der Waals surface area (Å²) >= 11 is 8.48. The number of rotatable bonds is 8. The Morgan fingerprint density at radius 1 is 1.19 bits per heavy atom. The molecule has 1 saturated heterocycles. The molecule has 2 amide bonds. The Bertz CT molecular complexity index is 1630. The van der Waals surface area contributed by atoms with Gasteiger partial charge in [0.05, 0.1) is 17.7 Å². The molecule has 3 aliphatic rings. The van der Waals surface area contributed by atoms with Gasteiger partial charge < -0.3 is 10.2 Å². The lowest BCUT2D eigenvalue weighted by molar-refractivity contribution is -0.124. The summed E-state index contributed by atoms with van der Waals surface area (Å²) in [7, 11) is 0. The third-order valence-corrected chi connectivity index (χ3v) is 9.47. The summed E-state index contributed by atoms with van der Waals surface area (Å²) in [5, 5.41) is 22.5. The first-order valence-corrected chi connectivity index (χ1v) is 15.7. The number of anilines is 2. The van der Waals surface area contributed by atoms with Crippen LogP contribution >= 0.6 is 34.2 Å². The van der Waals surface area contributed by atoms with Gasteiger partial charge in [0.25, 0.3) is 0 Å². The quantitative estimate of drug-likeness (QED) is 0.119. The van der Waals surface area contributed by atoms with Crippen LogP contribution in [0.25, 0.3) is 0 Å². The average molecular weight is 711 g/mol. The SMILES string of the molecule is N#Cc1ccnc(N2C(=O)CC[C@H]2C(=N)N(c2cccc(C3CC3)c2)[C@H](C(=O)NC2CC(F)(I)C2)c2ccccc2Cl)c1. The van der Waals surface area contributed by atoms with Gasteiger partial charge in [0.2, 0.25) is 11.8 Å². The minimum Gasteiger partial charge on any atom is -0.351 e. The van der Waals surface area contributed by atoms with Gasteiger partial charge in [0.1, 0.15) is 17.7 Å². The second-order valence-electron chi connectivity index (χ2n) is 11.4. The maximum atomic E-state index is 14.4. The van der Waals surface area contributed by atoms with E-state index in [-0.39, 0.29) is 42.9 Å². The van der Waals surface area contributed by atoms with Crippen LogP contribution in [-0.2, 0) is 9.59 Å². The molecule has 43 heavy (non-hydrogen) atoms. The molecular weight excluding hydrogens is 682 g/mol. The zero-order chi connectivity index (χ0) is 30.3. The molecular formula is C32H29ClFIN6O2. The van der Waals surface area contributed by atoms with Crippen molar-refractivity contribution >= 4 is 63.3 Å². The van der Waals surface area contributed by atoms with Crippen LogP contribution in [0.3, 0.4) is 0 Å². The van der Waals surface area contributed by atoms with E-state index in [0.717, 1.165) is 18.4 Å². The van der Waals surface area contributed by atoms with E-state index in [1.165, 1.54) is 17.2 Å². The Morgan fingerprint density at radius 2 is 1.95 bits per heavy atom. The maximum Gasteiger partial charge on any atom is 0.248 e. The monoisotopic (exact) mass is 710 g/mol. The number of pyridine rings is 1. The lowest BCUT2D eigenvalue weighted by Crippen LogP contribution is -2.55. The molecule has 0 radical (unpaired) electrons. The molecule has 1 aromatic heterocycles. The summed E-state index contributed by atoms with van der Waals surface area (Å²) in [6.45, 7) is 0. The van der Waals surface area contributed by atoms with Crippen LogP contribution in [0.2, 0.25) is 5.02 Å². The fraction of sp³-hybridized carbons (Fsp3) is 0.344. The van der Waals surface area contributed by atoms with Gasteiger partial charge in [-0.15, -0.1) is 0 Å². The number of nitriles is 1. The van der Waals surface area contributed by atoms with E-state index in [9.17, 15) is 24.7 Å². The van der Waals surface area contributed by atoms with E-state index in [1.807, 2.05) is 24.3 Å². The van der Waals surface area contributed by atoms with Gasteiger partial charge in [-0.2, -0.15) is 5.26 Å². The van der Waals surface area contributed by atoms with Gasteiger partial charge >= 0.3 is 0 Å². The number of halogens is 3. The molecule has 2 N–H and O–H groups in total. The van der Waals surface area contributed by atoms with Gasteiger partial charge in [-0.05, 0) is 83.7 Å². The number of amidine groups is 1. The highest BCUT2D eigenvalue weighted by Gasteiger charge is 2.46. The van der Waals surface area contributed by atoms with E-state index in [4.69, 9.17) is 11.6 Å². The first-order valence-electron chi connectivity index (χ1n) is 14.2. The second kappa shape index (κ2) is 11.8. The molecule has 2 saturated carbocycles. The number of nitrogens with zero attached hydrogens (tertiary/aromatic N) is 4. The molecule has 0 spiro atoms. The van der Waals surface area contributed by atoms with Crippen LogP contribution in [0, 0.1) is 16.7 Å². The smallest absolute Gasteiger partial charge is 0.248 e. The normalized spacial score (nSPS) is 23.7. The van der Waals surface area contributed by atoms with Crippen molar-refractivity contribution in [2.24, 2.45) is 0 Å². The zero-order valence-electron chi connectivity index (χ0n) is 23.1. The second-order valence-corrected chi connectivity index (χ2v) is 13.7. The largest absolute Gasteiger partial charge is 0.351 e. The van der Waals surface area contributed by atoms with Crippen molar-refractivity contribution in [1.29, 1.82) is 10.7 Å². The summed E-state index contributed by atoms with van der Waals surface area (Å²) < 4.78 is 13.0. The topological polar surface area (TPSA) is 113 Å². The number of hydrogen-bond donors (Lipinski definition) is 2. The fourth-order valence-corrected chi connectivity index (χ4v) is 7.22. The molecule has 220 valence electrons. The molecule has 11 heteroatoms. The van der Waals surface area contributed by atoms with Gasteiger partial charge in [-0.3, -0.25) is 19.9 Å². The third-order valence-electron chi connectivity index (χ3n) is 8.25. The molecule has 2 heterocycles. The first-order chi connectivity index (χ1) is 20.6. The van der Waals surface area contributed by atoms with Crippen molar-refractivity contribution in [3.05, 3.63) is 88.6 Å². The van der Waals surface area contributed by atoms with Gasteiger partial charge in [0, 0.05) is 47.8 Å². The van der Waals surface area contributed by atoms with E-state index >= 15 is 0 Å². The number of alkyl halides is 2. The Labute approximate surface area is 267 Å². The maximum absolute atomic E-state index is 14.4. The number of carbonyl (C=O) groups excluding carboxylic acids is 2. The molecule has 2 aliphatic carbocycles. The highest BCUT2D eigenvalue weighted by atomic mass is 127. The number of nitrogens with one attached hydrogen (secondary N) is 2. The van der Waals surface area contributed by atoms with E-state index in [2.05, 4.69) is 16.4 Å². The summed E-state index contributed by atoms with van der Waals surface area (Å²) in [4.78, 5) is 34.9. The van der Waals surface area contributed by atoms with Gasteiger partial charge in [0.15, 0.2) is 3.68 Å². The molecule has 3 aromatic rings. The van der Waals surface area contributed by atoms with Crippen molar-refractivity contribution in [1.82, 2.24) is 10.3 Å². The molecule has 8 nitrogen and oxygen atoms in total. The first kappa shape index (κ1) is 29.5. The van der Waals surface area contributed by atoms with Crippen molar-refractivity contribution in [3.63, 3.8) is 0 Å². The Kier molecular flexibility index (Phi) is 8.13. The van der Waals surface area contributed by atoms with Crippen LogP contribution in [0.5, 0.6) is 0 Å². The summed E-state index contributed by atoms with van der Waals surface area (Å²) in [6.07, 6.45) is 4.50. The van der Waals surface area contributed by atoms with Crippen molar-refractivity contribution < 1.29 is 14.0 Å². The van der Waals surface area contributed by atoms with E-state index in [0.29, 0.717) is 34.2 Å². The predicted octanol–water partition coefficient (Wildman–Crippen LogP) is 6.58. The van der Waals surface area contributed by atoms with Crippen LogP contribution in [-0.4, -0.2) is 38.4 Å². The molecule has 2 atom stereocenters. The molecule has 0 unspecified atom stereocenters.